The molecule has 11 nitrogen and oxygen atoms in total. The molecular weight excluding hydrogens is 823 g/mol. The minimum absolute atomic E-state index is 0.0446. The van der Waals surface area contributed by atoms with Crippen LogP contribution in [-0.2, 0) is 23.8 Å². The first-order valence-corrected chi connectivity index (χ1v) is 26.4. The number of amides is 1. The Morgan fingerprint density at radius 1 is 0.569 bits per heavy atom. The smallest absolute Gasteiger partial charge is 0.305 e. The summed E-state index contributed by atoms with van der Waals surface area (Å²) in [5.41, 5.74) is 0. The van der Waals surface area contributed by atoms with E-state index >= 15 is 0 Å². The Morgan fingerprint density at radius 2 is 1.05 bits per heavy atom. The van der Waals surface area contributed by atoms with Gasteiger partial charge in [-0.05, 0) is 89.9 Å². The fourth-order valence-corrected chi connectivity index (χ4v) is 7.85. The molecule has 0 aromatic heterocycles. The average molecular weight is 920 g/mol. The van der Waals surface area contributed by atoms with Crippen LogP contribution in [0.3, 0.4) is 0 Å². The quantitative estimate of drug-likeness (QED) is 0.0196. The monoisotopic (exact) mass is 920 g/mol. The summed E-state index contributed by atoms with van der Waals surface area (Å²) in [6.07, 6.45) is 43.4. The van der Waals surface area contributed by atoms with Gasteiger partial charge in [0, 0.05) is 12.8 Å². The number of allylic oxidation sites excluding steroid dienone is 7. The third-order valence-corrected chi connectivity index (χ3v) is 12.2. The summed E-state index contributed by atoms with van der Waals surface area (Å²) in [4.78, 5) is 24.9. The molecule has 1 saturated heterocycles. The molecule has 0 saturated carbocycles. The summed E-state index contributed by atoms with van der Waals surface area (Å²) in [5.74, 6) is -0.247. The van der Waals surface area contributed by atoms with Gasteiger partial charge >= 0.3 is 5.97 Å². The zero-order valence-electron chi connectivity index (χ0n) is 41.2. The first-order valence-electron chi connectivity index (χ1n) is 26.4. The molecule has 0 aromatic carbocycles. The van der Waals surface area contributed by atoms with Crippen LogP contribution in [0.4, 0.5) is 0 Å². The van der Waals surface area contributed by atoms with Gasteiger partial charge in [-0.3, -0.25) is 9.59 Å². The Labute approximate surface area is 396 Å². The van der Waals surface area contributed by atoms with Crippen LogP contribution in [0.2, 0.25) is 0 Å². The van der Waals surface area contributed by atoms with Gasteiger partial charge in [0.1, 0.15) is 24.4 Å². The van der Waals surface area contributed by atoms with Crippen molar-refractivity contribution in [2.24, 2.45) is 0 Å². The van der Waals surface area contributed by atoms with Crippen molar-refractivity contribution in [2.75, 3.05) is 19.8 Å². The normalized spacial score (nSPS) is 20.1. The molecule has 1 aliphatic rings. The van der Waals surface area contributed by atoms with E-state index in [4.69, 9.17) is 14.2 Å². The van der Waals surface area contributed by atoms with E-state index < -0.39 is 49.5 Å². The highest BCUT2D eigenvalue weighted by Crippen LogP contribution is 2.23. The first kappa shape index (κ1) is 60.6. The van der Waals surface area contributed by atoms with Gasteiger partial charge in [0.15, 0.2) is 6.29 Å². The van der Waals surface area contributed by atoms with Gasteiger partial charge in [-0.2, -0.15) is 0 Å². The number of esters is 1. The molecular formula is C54H97NO10. The highest BCUT2D eigenvalue weighted by Gasteiger charge is 2.44. The zero-order valence-corrected chi connectivity index (χ0v) is 41.2. The van der Waals surface area contributed by atoms with Crippen LogP contribution in [-0.4, -0.2) is 100 Å². The average Bonchev–Trinajstić information content (AvgIpc) is 3.30. The van der Waals surface area contributed by atoms with Gasteiger partial charge < -0.3 is 45.1 Å². The molecule has 1 amide bonds. The molecule has 7 atom stereocenters. The number of carbonyl (C=O) groups excluding carboxylic acids is 2. The van der Waals surface area contributed by atoms with Gasteiger partial charge in [0.25, 0.3) is 0 Å². The second kappa shape index (κ2) is 44.1. The highest BCUT2D eigenvalue weighted by atomic mass is 16.7. The van der Waals surface area contributed by atoms with E-state index in [1.165, 1.54) is 96.3 Å². The molecule has 1 rings (SSSR count). The Kier molecular flexibility index (Phi) is 41.2. The fourth-order valence-electron chi connectivity index (χ4n) is 7.85. The summed E-state index contributed by atoms with van der Waals surface area (Å²) in [6, 6.07) is -0.821. The van der Waals surface area contributed by atoms with Crippen molar-refractivity contribution >= 4 is 11.9 Å². The van der Waals surface area contributed by atoms with E-state index in [1.54, 1.807) is 6.08 Å². The van der Waals surface area contributed by atoms with E-state index in [-0.39, 0.29) is 18.5 Å². The van der Waals surface area contributed by atoms with E-state index in [0.29, 0.717) is 19.4 Å². The minimum atomic E-state index is -1.58. The number of hydrogen-bond donors (Lipinski definition) is 6. The number of aliphatic hydroxyl groups is 5. The summed E-state index contributed by atoms with van der Waals surface area (Å²) < 4.78 is 16.6. The molecule has 0 aromatic rings. The number of unbranched alkanes of at least 4 members (excludes halogenated alkanes) is 24. The summed E-state index contributed by atoms with van der Waals surface area (Å²) >= 11 is 0. The largest absolute Gasteiger partial charge is 0.466 e. The molecule has 0 bridgehead atoms. The van der Waals surface area contributed by atoms with Gasteiger partial charge in [-0.15, -0.1) is 0 Å². The molecule has 0 spiro atoms. The van der Waals surface area contributed by atoms with Crippen molar-refractivity contribution in [2.45, 2.75) is 262 Å². The molecule has 1 aliphatic heterocycles. The topological polar surface area (TPSA) is 175 Å². The Balaban J connectivity index is 2.14. The number of ether oxygens (including phenoxy) is 3. The van der Waals surface area contributed by atoms with Crippen LogP contribution < -0.4 is 5.32 Å². The van der Waals surface area contributed by atoms with Gasteiger partial charge in [-0.1, -0.05) is 165 Å². The molecule has 378 valence electrons. The maximum absolute atomic E-state index is 13.0. The van der Waals surface area contributed by atoms with E-state index in [2.05, 4.69) is 55.6 Å². The molecule has 6 N–H and O–H groups in total. The number of nitrogens with one attached hydrogen (secondary N) is 1. The van der Waals surface area contributed by atoms with Crippen molar-refractivity contribution in [3.05, 3.63) is 48.6 Å². The van der Waals surface area contributed by atoms with Crippen LogP contribution in [0.5, 0.6) is 0 Å². The van der Waals surface area contributed by atoms with Crippen molar-refractivity contribution < 1.29 is 49.3 Å². The van der Waals surface area contributed by atoms with Crippen LogP contribution in [0.15, 0.2) is 48.6 Å². The van der Waals surface area contributed by atoms with Crippen LogP contribution in [0, 0.1) is 0 Å². The molecule has 11 heteroatoms. The van der Waals surface area contributed by atoms with Crippen molar-refractivity contribution in [1.29, 1.82) is 0 Å². The van der Waals surface area contributed by atoms with Crippen LogP contribution in [0.1, 0.15) is 219 Å². The predicted molar refractivity (Wildman–Crippen MR) is 264 cm³/mol. The molecule has 0 aliphatic carbocycles. The van der Waals surface area contributed by atoms with Crippen LogP contribution in [0.25, 0.3) is 0 Å². The van der Waals surface area contributed by atoms with E-state index in [1.807, 2.05) is 6.08 Å². The molecule has 65 heavy (non-hydrogen) atoms. The lowest BCUT2D eigenvalue weighted by molar-refractivity contribution is -0.302. The van der Waals surface area contributed by atoms with E-state index in [9.17, 15) is 35.1 Å². The highest BCUT2D eigenvalue weighted by molar-refractivity contribution is 5.76. The van der Waals surface area contributed by atoms with E-state index in [0.717, 1.165) is 96.3 Å². The van der Waals surface area contributed by atoms with Gasteiger partial charge in [0.2, 0.25) is 5.91 Å². The molecule has 1 heterocycles. The lowest BCUT2D eigenvalue weighted by Gasteiger charge is -2.40. The number of aliphatic hydroxyl groups excluding tert-OH is 5. The lowest BCUT2D eigenvalue weighted by atomic mass is 9.99. The maximum atomic E-state index is 13.0. The first-order chi connectivity index (χ1) is 31.7. The third kappa shape index (κ3) is 34.6. The molecule has 0 radical (unpaired) electrons. The van der Waals surface area contributed by atoms with Gasteiger partial charge in [0.05, 0.1) is 32.0 Å². The Morgan fingerprint density at radius 3 is 1.62 bits per heavy atom. The van der Waals surface area contributed by atoms with Gasteiger partial charge in [-0.25, -0.2) is 0 Å². The SMILES string of the molecule is CCCC/C=C\CCCCCCCC(=O)OCCCCC/C=C\C/C=C\CCCCCCCCCC(=O)NC(COC1OC(CO)C(O)C(O)C1O)C(O)/C=C/CCCCCCCCC. The standard InChI is InChI=1S/C54H97NO10/c1-3-5-7-9-11-13-21-26-30-34-38-42-50(59)63-43-39-35-31-27-23-20-18-16-14-15-17-19-22-25-29-33-37-41-49(58)55-46(47(57)40-36-32-28-24-12-10-8-6-4-2)45-64-54-53(62)52(61)51(60)48(44-56)65-54/h9,11,14,16,20,23,36,40,46-48,51-54,56-57,60-62H,3-8,10,12-13,15,17-19,21-22,24-35,37-39,41-45H2,1-2H3,(H,55,58)/b11-9-,16-14-,23-20-,40-36+. The second-order valence-corrected chi connectivity index (χ2v) is 18.2. The van der Waals surface area contributed by atoms with Crippen molar-refractivity contribution in [3.8, 4) is 0 Å². The Hall–Kier alpha value is -2.38. The minimum Gasteiger partial charge on any atom is -0.466 e. The number of carbonyl (C=O) groups is 2. The fraction of sp³-hybridized carbons (Fsp3) is 0.815. The maximum Gasteiger partial charge on any atom is 0.305 e. The van der Waals surface area contributed by atoms with Crippen molar-refractivity contribution in [3.63, 3.8) is 0 Å². The van der Waals surface area contributed by atoms with Crippen molar-refractivity contribution in [1.82, 2.24) is 5.32 Å². The summed E-state index contributed by atoms with van der Waals surface area (Å²) in [7, 11) is 0. The van der Waals surface area contributed by atoms with Crippen LogP contribution >= 0.6 is 0 Å². The number of hydrogen-bond acceptors (Lipinski definition) is 10. The molecule has 7 unspecified atom stereocenters. The number of rotatable bonds is 44. The summed E-state index contributed by atoms with van der Waals surface area (Å²) in [5, 5.41) is 54.1. The lowest BCUT2D eigenvalue weighted by Crippen LogP contribution is -2.60. The molecule has 1 fully saturated rings. The summed E-state index contributed by atoms with van der Waals surface area (Å²) in [6.45, 7) is 4.20. The second-order valence-electron chi connectivity index (χ2n) is 18.2. The predicted octanol–water partition coefficient (Wildman–Crippen LogP) is 10.9. The Bertz CT molecular complexity index is 1220. The zero-order chi connectivity index (χ0) is 47.4. The third-order valence-electron chi connectivity index (χ3n) is 12.2.